The van der Waals surface area contributed by atoms with Crippen molar-refractivity contribution in [2.24, 2.45) is 11.8 Å². The van der Waals surface area contributed by atoms with Crippen LogP contribution in [0.25, 0.3) is 0 Å². The molecular formula is C16H32N2. The lowest BCUT2D eigenvalue weighted by Crippen LogP contribution is -2.46. The number of likely N-dealkylation sites (tertiary alicyclic amines) is 1. The van der Waals surface area contributed by atoms with Crippen molar-refractivity contribution in [3.8, 4) is 0 Å². The predicted molar refractivity (Wildman–Crippen MR) is 78.9 cm³/mol. The molecule has 2 fully saturated rings. The normalized spacial score (nSPS) is 36.5. The summed E-state index contributed by atoms with van der Waals surface area (Å²) in [6.45, 7) is 11.1. The highest BCUT2D eigenvalue weighted by Gasteiger charge is 2.25. The summed E-state index contributed by atoms with van der Waals surface area (Å²) in [5, 5.41) is 3.83. The second kappa shape index (κ2) is 6.91. The van der Waals surface area contributed by atoms with Crippen molar-refractivity contribution in [3.63, 3.8) is 0 Å². The van der Waals surface area contributed by atoms with Crippen LogP contribution in [-0.4, -0.2) is 36.6 Å². The van der Waals surface area contributed by atoms with E-state index in [1.807, 2.05) is 0 Å². The Kier molecular flexibility index (Phi) is 5.50. The molecule has 2 heteroatoms. The van der Waals surface area contributed by atoms with Gasteiger partial charge < -0.3 is 5.32 Å². The van der Waals surface area contributed by atoms with Crippen molar-refractivity contribution < 1.29 is 0 Å². The Labute approximate surface area is 114 Å². The van der Waals surface area contributed by atoms with E-state index in [0.29, 0.717) is 0 Å². The largest absolute Gasteiger partial charge is 0.312 e. The summed E-state index contributed by atoms with van der Waals surface area (Å²) >= 11 is 0. The SMILES string of the molecule is CC1CCC(NCC(C)N2CCCCC2)CC1C. The van der Waals surface area contributed by atoms with Crippen LogP contribution in [0.1, 0.15) is 59.3 Å². The van der Waals surface area contributed by atoms with Gasteiger partial charge in [-0.1, -0.05) is 20.3 Å². The third-order valence-corrected chi connectivity index (χ3v) is 5.31. The Morgan fingerprint density at radius 1 is 1.06 bits per heavy atom. The van der Waals surface area contributed by atoms with Crippen LogP contribution in [0.15, 0.2) is 0 Å². The third-order valence-electron chi connectivity index (χ3n) is 5.31. The molecule has 0 bridgehead atoms. The van der Waals surface area contributed by atoms with E-state index in [1.165, 1.54) is 58.2 Å². The first-order chi connectivity index (χ1) is 8.66. The lowest BCUT2D eigenvalue weighted by molar-refractivity contribution is 0.158. The van der Waals surface area contributed by atoms with E-state index in [2.05, 4.69) is 31.0 Å². The number of hydrogen-bond donors (Lipinski definition) is 1. The summed E-state index contributed by atoms with van der Waals surface area (Å²) in [4.78, 5) is 2.67. The Bertz CT molecular complexity index is 233. The van der Waals surface area contributed by atoms with E-state index in [0.717, 1.165) is 23.9 Å². The Morgan fingerprint density at radius 2 is 1.78 bits per heavy atom. The molecule has 0 aromatic rings. The molecule has 1 saturated heterocycles. The lowest BCUT2D eigenvalue weighted by atomic mass is 9.79. The first kappa shape index (κ1) is 14.3. The second-order valence-electron chi connectivity index (χ2n) is 6.82. The monoisotopic (exact) mass is 252 g/mol. The molecule has 0 amide bonds. The molecule has 18 heavy (non-hydrogen) atoms. The van der Waals surface area contributed by atoms with E-state index >= 15 is 0 Å². The molecule has 0 spiro atoms. The van der Waals surface area contributed by atoms with Gasteiger partial charge in [-0.05, 0) is 64.0 Å². The van der Waals surface area contributed by atoms with Crippen LogP contribution in [0, 0.1) is 11.8 Å². The molecule has 1 N–H and O–H groups in total. The molecule has 106 valence electrons. The average Bonchev–Trinajstić information content (AvgIpc) is 2.41. The van der Waals surface area contributed by atoms with Crippen molar-refractivity contribution in [1.82, 2.24) is 10.2 Å². The van der Waals surface area contributed by atoms with Crippen LogP contribution in [0.5, 0.6) is 0 Å². The fourth-order valence-electron chi connectivity index (χ4n) is 3.56. The van der Waals surface area contributed by atoms with Crippen LogP contribution >= 0.6 is 0 Å². The van der Waals surface area contributed by atoms with Gasteiger partial charge in [0.1, 0.15) is 0 Å². The van der Waals surface area contributed by atoms with Crippen LogP contribution in [0.2, 0.25) is 0 Å². The van der Waals surface area contributed by atoms with E-state index in [-0.39, 0.29) is 0 Å². The second-order valence-corrected chi connectivity index (χ2v) is 6.82. The van der Waals surface area contributed by atoms with Gasteiger partial charge in [0.25, 0.3) is 0 Å². The minimum absolute atomic E-state index is 0.722. The zero-order chi connectivity index (χ0) is 13.0. The standard InChI is InChI=1S/C16H32N2/c1-13-7-8-16(11-14(13)2)17-12-15(3)18-9-5-4-6-10-18/h13-17H,4-12H2,1-3H3. The molecule has 1 saturated carbocycles. The topological polar surface area (TPSA) is 15.3 Å². The Balaban J connectivity index is 1.67. The molecule has 2 nitrogen and oxygen atoms in total. The van der Waals surface area contributed by atoms with Crippen LogP contribution in [0.4, 0.5) is 0 Å². The van der Waals surface area contributed by atoms with Crippen LogP contribution < -0.4 is 5.32 Å². The van der Waals surface area contributed by atoms with Crippen molar-refractivity contribution in [1.29, 1.82) is 0 Å². The number of hydrogen-bond acceptors (Lipinski definition) is 2. The van der Waals surface area contributed by atoms with Gasteiger partial charge in [-0.25, -0.2) is 0 Å². The summed E-state index contributed by atoms with van der Waals surface area (Å²) in [6, 6.07) is 1.50. The van der Waals surface area contributed by atoms with E-state index < -0.39 is 0 Å². The zero-order valence-corrected chi connectivity index (χ0v) is 12.6. The maximum atomic E-state index is 3.83. The summed E-state index contributed by atoms with van der Waals surface area (Å²) in [6.07, 6.45) is 8.43. The van der Waals surface area contributed by atoms with Gasteiger partial charge in [-0.3, -0.25) is 4.90 Å². The Hall–Kier alpha value is -0.0800. The van der Waals surface area contributed by atoms with Crippen molar-refractivity contribution in [2.45, 2.75) is 71.4 Å². The smallest absolute Gasteiger partial charge is 0.0192 e. The molecular weight excluding hydrogens is 220 g/mol. The fraction of sp³-hybridized carbons (Fsp3) is 1.00. The number of piperidine rings is 1. The molecule has 2 rings (SSSR count). The minimum atomic E-state index is 0.722. The molecule has 4 unspecified atom stereocenters. The predicted octanol–water partition coefficient (Wildman–Crippen LogP) is 3.28. The minimum Gasteiger partial charge on any atom is -0.312 e. The Morgan fingerprint density at radius 3 is 2.44 bits per heavy atom. The fourth-order valence-corrected chi connectivity index (χ4v) is 3.56. The first-order valence-corrected chi connectivity index (χ1v) is 8.14. The highest BCUT2D eigenvalue weighted by atomic mass is 15.2. The van der Waals surface area contributed by atoms with Gasteiger partial charge in [-0.2, -0.15) is 0 Å². The average molecular weight is 252 g/mol. The van der Waals surface area contributed by atoms with Gasteiger partial charge in [0.15, 0.2) is 0 Å². The van der Waals surface area contributed by atoms with Gasteiger partial charge in [0.05, 0.1) is 0 Å². The van der Waals surface area contributed by atoms with Gasteiger partial charge >= 0.3 is 0 Å². The summed E-state index contributed by atoms with van der Waals surface area (Å²) in [5.74, 6) is 1.84. The zero-order valence-electron chi connectivity index (χ0n) is 12.6. The van der Waals surface area contributed by atoms with Gasteiger partial charge in [0, 0.05) is 18.6 Å². The summed E-state index contributed by atoms with van der Waals surface area (Å²) < 4.78 is 0. The van der Waals surface area contributed by atoms with Crippen LogP contribution in [-0.2, 0) is 0 Å². The first-order valence-electron chi connectivity index (χ1n) is 8.14. The highest BCUT2D eigenvalue weighted by Crippen LogP contribution is 2.29. The van der Waals surface area contributed by atoms with E-state index in [4.69, 9.17) is 0 Å². The quantitative estimate of drug-likeness (QED) is 0.826. The van der Waals surface area contributed by atoms with E-state index in [9.17, 15) is 0 Å². The number of rotatable bonds is 4. The van der Waals surface area contributed by atoms with E-state index in [1.54, 1.807) is 0 Å². The third kappa shape index (κ3) is 3.96. The molecule has 1 aliphatic carbocycles. The maximum absolute atomic E-state index is 3.83. The van der Waals surface area contributed by atoms with Gasteiger partial charge in [-0.15, -0.1) is 0 Å². The molecule has 4 atom stereocenters. The summed E-state index contributed by atoms with van der Waals surface area (Å²) in [7, 11) is 0. The molecule has 0 aromatic carbocycles. The van der Waals surface area contributed by atoms with Crippen molar-refractivity contribution in [2.75, 3.05) is 19.6 Å². The van der Waals surface area contributed by atoms with Crippen molar-refractivity contribution in [3.05, 3.63) is 0 Å². The lowest BCUT2D eigenvalue weighted by Gasteiger charge is -2.36. The molecule has 1 aliphatic heterocycles. The van der Waals surface area contributed by atoms with Crippen molar-refractivity contribution >= 4 is 0 Å². The maximum Gasteiger partial charge on any atom is 0.0192 e. The summed E-state index contributed by atoms with van der Waals surface area (Å²) in [5.41, 5.74) is 0. The number of nitrogens with zero attached hydrogens (tertiary/aromatic N) is 1. The number of nitrogens with one attached hydrogen (secondary N) is 1. The van der Waals surface area contributed by atoms with Gasteiger partial charge in [0.2, 0.25) is 0 Å². The molecule has 0 aromatic heterocycles. The van der Waals surface area contributed by atoms with Crippen LogP contribution in [0.3, 0.4) is 0 Å². The molecule has 0 radical (unpaired) electrons. The highest BCUT2D eigenvalue weighted by molar-refractivity contribution is 4.82. The molecule has 2 aliphatic rings. The molecule has 1 heterocycles.